The monoisotopic (exact) mass is 318 g/mol. The van der Waals surface area contributed by atoms with Gasteiger partial charge < -0.3 is 10.6 Å². The van der Waals surface area contributed by atoms with Crippen LogP contribution in [-0.2, 0) is 13.0 Å². The van der Waals surface area contributed by atoms with Gasteiger partial charge in [0, 0.05) is 29.9 Å². The first-order chi connectivity index (χ1) is 10.0. The summed E-state index contributed by atoms with van der Waals surface area (Å²) in [7, 11) is 2.05. The Balaban J connectivity index is 2.14. The number of thiocarbonyl (C=S) groups is 1. The number of rotatable bonds is 5. The second-order valence-corrected chi connectivity index (χ2v) is 5.89. The van der Waals surface area contributed by atoms with E-state index in [1.54, 1.807) is 0 Å². The number of anilines is 1. The molecule has 0 bridgehead atoms. The third-order valence-electron chi connectivity index (χ3n) is 3.53. The minimum absolute atomic E-state index is 0.368. The molecule has 0 saturated heterocycles. The molecule has 0 aliphatic carbocycles. The van der Waals surface area contributed by atoms with Crippen LogP contribution in [0.5, 0.6) is 0 Å². The molecular weight excluding hydrogens is 300 g/mol. The zero-order chi connectivity index (χ0) is 15.4. The van der Waals surface area contributed by atoms with Gasteiger partial charge in [-0.25, -0.2) is 0 Å². The summed E-state index contributed by atoms with van der Waals surface area (Å²) in [6.45, 7) is 2.89. The van der Waals surface area contributed by atoms with Gasteiger partial charge in [0.25, 0.3) is 0 Å². The molecule has 0 aliphatic rings. The molecule has 21 heavy (non-hydrogen) atoms. The van der Waals surface area contributed by atoms with Crippen LogP contribution in [0.4, 0.5) is 5.69 Å². The first-order valence-corrected chi connectivity index (χ1v) is 7.68. The van der Waals surface area contributed by atoms with E-state index in [1.165, 1.54) is 11.3 Å². The van der Waals surface area contributed by atoms with E-state index in [2.05, 4.69) is 43.1 Å². The fourth-order valence-electron chi connectivity index (χ4n) is 2.16. The van der Waals surface area contributed by atoms with Crippen LogP contribution in [0.25, 0.3) is 0 Å². The maximum absolute atomic E-state index is 6.31. The van der Waals surface area contributed by atoms with Crippen LogP contribution in [0, 0.1) is 0 Å². The lowest BCUT2D eigenvalue weighted by atomic mass is 10.1. The number of nitrogens with two attached hydrogens (primary N) is 1. The van der Waals surface area contributed by atoms with Gasteiger partial charge in [0.1, 0.15) is 4.99 Å². The van der Waals surface area contributed by atoms with Gasteiger partial charge in [0.2, 0.25) is 0 Å². The van der Waals surface area contributed by atoms with Gasteiger partial charge in [0.05, 0.1) is 0 Å². The third-order valence-corrected chi connectivity index (χ3v) is 4.12. The SMILES string of the molecule is CCc1ccc(N(C)Cc2ccc(C(N)=S)cc2Cl)cc1. The molecule has 0 unspecified atom stereocenters. The van der Waals surface area contributed by atoms with Crippen molar-refractivity contribution in [3.8, 4) is 0 Å². The number of aryl methyl sites for hydroxylation is 1. The standard InChI is InChI=1S/C17H19ClN2S/c1-3-12-4-8-15(9-5-12)20(2)11-14-7-6-13(17(19)21)10-16(14)18/h4-10H,3,11H2,1-2H3,(H2,19,21). The van der Waals surface area contributed by atoms with Crippen molar-refractivity contribution in [3.63, 3.8) is 0 Å². The normalized spacial score (nSPS) is 10.4. The van der Waals surface area contributed by atoms with Crippen molar-refractivity contribution in [2.45, 2.75) is 19.9 Å². The van der Waals surface area contributed by atoms with Gasteiger partial charge >= 0.3 is 0 Å². The highest BCUT2D eigenvalue weighted by atomic mass is 35.5. The number of nitrogens with zero attached hydrogens (tertiary/aromatic N) is 1. The second-order valence-electron chi connectivity index (χ2n) is 5.05. The Labute approximate surface area is 136 Å². The fraction of sp³-hybridized carbons (Fsp3) is 0.235. The van der Waals surface area contributed by atoms with E-state index >= 15 is 0 Å². The van der Waals surface area contributed by atoms with Crippen LogP contribution in [0.1, 0.15) is 23.6 Å². The van der Waals surface area contributed by atoms with E-state index in [-0.39, 0.29) is 0 Å². The van der Waals surface area contributed by atoms with Gasteiger partial charge in [-0.3, -0.25) is 0 Å². The minimum Gasteiger partial charge on any atom is -0.389 e. The summed E-state index contributed by atoms with van der Waals surface area (Å²) in [4.78, 5) is 2.54. The Hall–Kier alpha value is -1.58. The Kier molecular flexibility index (Phi) is 5.21. The van der Waals surface area contributed by atoms with E-state index in [0.29, 0.717) is 10.0 Å². The van der Waals surface area contributed by atoms with E-state index in [4.69, 9.17) is 29.6 Å². The summed E-state index contributed by atoms with van der Waals surface area (Å²) in [5, 5.41) is 0.692. The van der Waals surface area contributed by atoms with Crippen molar-refractivity contribution < 1.29 is 0 Å². The van der Waals surface area contributed by atoms with E-state index in [9.17, 15) is 0 Å². The summed E-state index contributed by atoms with van der Waals surface area (Å²) >= 11 is 11.3. The molecule has 2 aromatic rings. The second kappa shape index (κ2) is 6.92. The smallest absolute Gasteiger partial charge is 0.104 e. The zero-order valence-electron chi connectivity index (χ0n) is 12.3. The van der Waals surface area contributed by atoms with Crippen LogP contribution in [-0.4, -0.2) is 12.0 Å². The van der Waals surface area contributed by atoms with E-state index in [1.807, 2.05) is 18.2 Å². The number of benzene rings is 2. The van der Waals surface area contributed by atoms with Crippen molar-refractivity contribution in [2.24, 2.45) is 5.73 Å². The van der Waals surface area contributed by atoms with Crippen LogP contribution in [0.15, 0.2) is 42.5 Å². The molecule has 110 valence electrons. The Morgan fingerprint density at radius 3 is 2.38 bits per heavy atom. The van der Waals surface area contributed by atoms with E-state index in [0.717, 1.165) is 24.1 Å². The van der Waals surface area contributed by atoms with Crippen LogP contribution in [0.3, 0.4) is 0 Å². The molecule has 0 fully saturated rings. The average molecular weight is 319 g/mol. The summed E-state index contributed by atoms with van der Waals surface area (Å²) in [5.41, 5.74) is 9.98. The molecule has 0 radical (unpaired) electrons. The van der Waals surface area contributed by atoms with Crippen LogP contribution >= 0.6 is 23.8 Å². The topological polar surface area (TPSA) is 29.3 Å². The molecule has 2 N–H and O–H groups in total. The van der Waals surface area contributed by atoms with Crippen LogP contribution in [0.2, 0.25) is 5.02 Å². The maximum Gasteiger partial charge on any atom is 0.104 e. The first-order valence-electron chi connectivity index (χ1n) is 6.89. The minimum atomic E-state index is 0.368. The molecule has 2 nitrogen and oxygen atoms in total. The van der Waals surface area contributed by atoms with Gasteiger partial charge in [0.15, 0.2) is 0 Å². The highest BCUT2D eigenvalue weighted by molar-refractivity contribution is 7.80. The van der Waals surface area contributed by atoms with Crippen molar-refractivity contribution in [3.05, 3.63) is 64.2 Å². The van der Waals surface area contributed by atoms with Crippen molar-refractivity contribution in [1.82, 2.24) is 0 Å². The highest BCUT2D eigenvalue weighted by Crippen LogP contribution is 2.22. The van der Waals surface area contributed by atoms with Crippen LogP contribution < -0.4 is 10.6 Å². The predicted molar refractivity (Wildman–Crippen MR) is 95.3 cm³/mol. The number of hydrogen-bond donors (Lipinski definition) is 1. The Morgan fingerprint density at radius 1 is 1.19 bits per heavy atom. The summed E-state index contributed by atoms with van der Waals surface area (Å²) < 4.78 is 0. The molecule has 0 saturated carbocycles. The molecule has 0 amide bonds. The molecule has 0 aromatic heterocycles. The lowest BCUT2D eigenvalue weighted by molar-refractivity contribution is 0.922. The third kappa shape index (κ3) is 3.96. The van der Waals surface area contributed by atoms with Crippen molar-refractivity contribution in [2.75, 3.05) is 11.9 Å². The van der Waals surface area contributed by atoms with Gasteiger partial charge in [-0.2, -0.15) is 0 Å². The molecule has 0 aliphatic heterocycles. The van der Waals surface area contributed by atoms with E-state index < -0.39 is 0 Å². The van der Waals surface area contributed by atoms with Crippen molar-refractivity contribution >= 4 is 34.5 Å². The molecular formula is C17H19ClN2S. The number of halogens is 1. The van der Waals surface area contributed by atoms with Crippen molar-refractivity contribution in [1.29, 1.82) is 0 Å². The highest BCUT2D eigenvalue weighted by Gasteiger charge is 2.07. The number of hydrogen-bond acceptors (Lipinski definition) is 2. The summed E-state index contributed by atoms with van der Waals surface area (Å²) in [6.07, 6.45) is 1.05. The molecule has 4 heteroatoms. The van der Waals surface area contributed by atoms with Gasteiger partial charge in [-0.15, -0.1) is 0 Å². The zero-order valence-corrected chi connectivity index (χ0v) is 13.8. The molecule has 0 atom stereocenters. The average Bonchev–Trinajstić information content (AvgIpc) is 2.49. The lowest BCUT2D eigenvalue weighted by Gasteiger charge is -2.20. The first kappa shape index (κ1) is 15.8. The molecule has 0 heterocycles. The largest absolute Gasteiger partial charge is 0.389 e. The lowest BCUT2D eigenvalue weighted by Crippen LogP contribution is -2.17. The van der Waals surface area contributed by atoms with Gasteiger partial charge in [-0.05, 0) is 35.7 Å². The van der Waals surface area contributed by atoms with Gasteiger partial charge in [-0.1, -0.05) is 55.0 Å². The maximum atomic E-state index is 6.31. The molecule has 0 spiro atoms. The molecule has 2 rings (SSSR count). The predicted octanol–water partition coefficient (Wildman–Crippen LogP) is 4.17. The summed E-state index contributed by atoms with van der Waals surface area (Å²) in [6, 6.07) is 14.3. The fourth-order valence-corrected chi connectivity index (χ4v) is 2.53. The Morgan fingerprint density at radius 2 is 1.86 bits per heavy atom. The molecule has 2 aromatic carbocycles. The summed E-state index contributed by atoms with van der Waals surface area (Å²) in [5.74, 6) is 0. The Bertz CT molecular complexity index is 638. The quantitative estimate of drug-likeness (QED) is 0.839.